The maximum Gasteiger partial charge on any atom is 0.340 e. The molecule has 0 heterocycles. The van der Waals surface area contributed by atoms with Crippen LogP contribution in [0.5, 0.6) is 0 Å². The Hall–Kier alpha value is -2.20. The third kappa shape index (κ3) is 3.71. The van der Waals surface area contributed by atoms with Gasteiger partial charge in [-0.15, -0.1) is 0 Å². The average Bonchev–Trinajstić information content (AvgIpc) is 2.45. The normalized spacial score (nSPS) is 10.6. The lowest BCUT2D eigenvalue weighted by molar-refractivity contribution is 0.0379. The van der Waals surface area contributed by atoms with Crippen molar-refractivity contribution in [3.8, 4) is 0 Å². The quantitative estimate of drug-likeness (QED) is 0.641. The second-order valence-electron chi connectivity index (χ2n) is 5.30. The summed E-state index contributed by atoms with van der Waals surface area (Å²) >= 11 is 6.12. The monoisotopic (exact) mass is 318 g/mol. The van der Waals surface area contributed by atoms with E-state index in [9.17, 15) is 4.79 Å². The molecular formula is C17H19ClN2O2. The first-order chi connectivity index (χ1) is 10.4. The summed E-state index contributed by atoms with van der Waals surface area (Å²) in [7, 11) is 0. The zero-order valence-electron chi connectivity index (χ0n) is 12.8. The Morgan fingerprint density at radius 1 is 1.23 bits per heavy atom. The molecule has 0 radical (unpaired) electrons. The van der Waals surface area contributed by atoms with Gasteiger partial charge in [0.2, 0.25) is 0 Å². The highest BCUT2D eigenvalue weighted by atomic mass is 35.5. The van der Waals surface area contributed by atoms with Crippen molar-refractivity contribution in [3.63, 3.8) is 0 Å². The molecule has 0 amide bonds. The number of rotatable bonds is 4. The zero-order chi connectivity index (χ0) is 16.3. The van der Waals surface area contributed by atoms with Crippen LogP contribution in [0, 0.1) is 6.92 Å². The van der Waals surface area contributed by atoms with Gasteiger partial charge in [-0.05, 0) is 56.7 Å². The van der Waals surface area contributed by atoms with Crippen LogP contribution in [-0.2, 0) is 4.74 Å². The zero-order valence-corrected chi connectivity index (χ0v) is 13.6. The van der Waals surface area contributed by atoms with Gasteiger partial charge < -0.3 is 15.8 Å². The van der Waals surface area contributed by atoms with Crippen LogP contribution in [0.15, 0.2) is 36.4 Å². The number of halogens is 1. The lowest BCUT2D eigenvalue weighted by Crippen LogP contribution is -2.13. The SMILES string of the molecule is Cc1c(Cl)cccc1Nc1ccc(N)cc1C(=O)OC(C)C. The second kappa shape index (κ2) is 6.71. The van der Waals surface area contributed by atoms with Crippen LogP contribution in [-0.4, -0.2) is 12.1 Å². The summed E-state index contributed by atoms with van der Waals surface area (Å²) in [5.41, 5.74) is 9.05. The minimum absolute atomic E-state index is 0.199. The van der Waals surface area contributed by atoms with Crippen molar-refractivity contribution in [1.29, 1.82) is 0 Å². The highest BCUT2D eigenvalue weighted by Gasteiger charge is 2.16. The predicted octanol–water partition coefficient (Wildman–Crippen LogP) is 4.54. The minimum atomic E-state index is -0.413. The summed E-state index contributed by atoms with van der Waals surface area (Å²) in [5, 5.41) is 3.88. The maximum absolute atomic E-state index is 12.2. The fourth-order valence-corrected chi connectivity index (χ4v) is 2.18. The Morgan fingerprint density at radius 3 is 2.64 bits per heavy atom. The molecule has 2 aromatic carbocycles. The first-order valence-corrected chi connectivity index (χ1v) is 7.39. The van der Waals surface area contributed by atoms with E-state index in [-0.39, 0.29) is 6.10 Å². The van der Waals surface area contributed by atoms with Gasteiger partial charge in [-0.25, -0.2) is 4.79 Å². The molecule has 116 valence electrons. The van der Waals surface area contributed by atoms with Crippen molar-refractivity contribution < 1.29 is 9.53 Å². The molecule has 0 spiro atoms. The van der Waals surface area contributed by atoms with E-state index in [1.54, 1.807) is 32.0 Å². The van der Waals surface area contributed by atoms with E-state index in [0.29, 0.717) is 22.0 Å². The van der Waals surface area contributed by atoms with Crippen LogP contribution < -0.4 is 11.1 Å². The van der Waals surface area contributed by atoms with Gasteiger partial charge in [-0.1, -0.05) is 17.7 Å². The molecule has 0 fully saturated rings. The van der Waals surface area contributed by atoms with Gasteiger partial charge >= 0.3 is 5.97 Å². The summed E-state index contributed by atoms with van der Waals surface area (Å²) in [6.07, 6.45) is -0.199. The lowest BCUT2D eigenvalue weighted by atomic mass is 10.1. The largest absolute Gasteiger partial charge is 0.459 e. The van der Waals surface area contributed by atoms with Crippen molar-refractivity contribution in [2.75, 3.05) is 11.1 Å². The number of nitrogen functional groups attached to an aromatic ring is 1. The maximum atomic E-state index is 12.2. The molecule has 2 aromatic rings. The number of nitrogens with two attached hydrogens (primary N) is 1. The van der Waals surface area contributed by atoms with Crippen molar-refractivity contribution in [3.05, 3.63) is 52.5 Å². The lowest BCUT2D eigenvalue weighted by Gasteiger charge is -2.15. The molecule has 5 heteroatoms. The number of esters is 1. The number of anilines is 3. The molecule has 0 saturated carbocycles. The van der Waals surface area contributed by atoms with E-state index in [0.717, 1.165) is 11.3 Å². The molecule has 3 N–H and O–H groups in total. The topological polar surface area (TPSA) is 64.3 Å². The smallest absolute Gasteiger partial charge is 0.340 e. The van der Waals surface area contributed by atoms with E-state index in [2.05, 4.69) is 5.32 Å². The summed E-state index contributed by atoms with van der Waals surface area (Å²) in [6, 6.07) is 10.7. The molecule has 0 aliphatic heterocycles. The highest BCUT2D eigenvalue weighted by Crippen LogP contribution is 2.29. The molecular weight excluding hydrogens is 300 g/mol. The summed E-state index contributed by atoms with van der Waals surface area (Å²) in [5.74, 6) is -0.413. The average molecular weight is 319 g/mol. The van der Waals surface area contributed by atoms with Gasteiger partial charge in [-0.3, -0.25) is 0 Å². The van der Waals surface area contributed by atoms with Crippen molar-refractivity contribution in [1.82, 2.24) is 0 Å². The number of carbonyl (C=O) groups is 1. The number of ether oxygens (including phenoxy) is 1. The van der Waals surface area contributed by atoms with E-state index in [1.807, 2.05) is 25.1 Å². The third-order valence-corrected chi connectivity index (χ3v) is 3.55. The van der Waals surface area contributed by atoms with Gasteiger partial charge in [0.05, 0.1) is 17.4 Å². The molecule has 0 aliphatic rings. The Labute approximate surface area is 135 Å². The molecule has 4 nitrogen and oxygen atoms in total. The molecule has 0 bridgehead atoms. The number of hydrogen-bond donors (Lipinski definition) is 2. The van der Waals surface area contributed by atoms with E-state index < -0.39 is 5.97 Å². The number of benzene rings is 2. The number of hydrogen-bond acceptors (Lipinski definition) is 4. The van der Waals surface area contributed by atoms with Crippen LogP contribution >= 0.6 is 11.6 Å². The minimum Gasteiger partial charge on any atom is -0.459 e. The van der Waals surface area contributed by atoms with Crippen LogP contribution in [0.4, 0.5) is 17.1 Å². The fraction of sp³-hybridized carbons (Fsp3) is 0.235. The van der Waals surface area contributed by atoms with Crippen molar-refractivity contribution >= 4 is 34.6 Å². The number of carbonyl (C=O) groups excluding carboxylic acids is 1. The molecule has 0 saturated heterocycles. The second-order valence-corrected chi connectivity index (χ2v) is 5.70. The number of nitrogens with one attached hydrogen (secondary N) is 1. The molecule has 0 unspecified atom stereocenters. The Kier molecular flexibility index (Phi) is 4.93. The van der Waals surface area contributed by atoms with Crippen LogP contribution in [0.1, 0.15) is 29.8 Å². The Morgan fingerprint density at radius 2 is 1.95 bits per heavy atom. The van der Waals surface area contributed by atoms with Crippen LogP contribution in [0.25, 0.3) is 0 Å². The molecule has 0 aliphatic carbocycles. The van der Waals surface area contributed by atoms with E-state index in [4.69, 9.17) is 22.1 Å². The van der Waals surface area contributed by atoms with Crippen molar-refractivity contribution in [2.45, 2.75) is 26.9 Å². The standard InChI is InChI=1S/C17H19ClN2O2/c1-10(2)22-17(21)13-9-12(19)7-8-16(13)20-15-6-4-5-14(18)11(15)3/h4-10,20H,19H2,1-3H3. The van der Waals surface area contributed by atoms with E-state index >= 15 is 0 Å². The predicted molar refractivity (Wildman–Crippen MR) is 90.9 cm³/mol. The van der Waals surface area contributed by atoms with Crippen LogP contribution in [0.2, 0.25) is 5.02 Å². The first-order valence-electron chi connectivity index (χ1n) is 7.01. The van der Waals surface area contributed by atoms with Crippen LogP contribution in [0.3, 0.4) is 0 Å². The molecule has 22 heavy (non-hydrogen) atoms. The highest BCUT2D eigenvalue weighted by molar-refractivity contribution is 6.31. The van der Waals surface area contributed by atoms with Gasteiger partial charge in [-0.2, -0.15) is 0 Å². The van der Waals surface area contributed by atoms with E-state index in [1.165, 1.54) is 0 Å². The Bertz CT molecular complexity index is 699. The van der Waals surface area contributed by atoms with Gasteiger partial charge in [0.15, 0.2) is 0 Å². The summed E-state index contributed by atoms with van der Waals surface area (Å²) in [4.78, 5) is 12.2. The van der Waals surface area contributed by atoms with Gasteiger partial charge in [0.1, 0.15) is 0 Å². The summed E-state index contributed by atoms with van der Waals surface area (Å²) < 4.78 is 5.26. The molecule has 0 atom stereocenters. The Balaban J connectivity index is 2.38. The molecule has 2 rings (SSSR count). The third-order valence-electron chi connectivity index (χ3n) is 3.14. The van der Waals surface area contributed by atoms with Crippen molar-refractivity contribution in [2.24, 2.45) is 0 Å². The molecule has 0 aromatic heterocycles. The fourth-order valence-electron chi connectivity index (χ4n) is 2.01. The summed E-state index contributed by atoms with van der Waals surface area (Å²) in [6.45, 7) is 5.52. The van der Waals surface area contributed by atoms with Gasteiger partial charge in [0, 0.05) is 16.4 Å². The van der Waals surface area contributed by atoms with Gasteiger partial charge in [0.25, 0.3) is 0 Å². The first kappa shape index (κ1) is 16.2.